The fourth-order valence-electron chi connectivity index (χ4n) is 8.19. The molecule has 0 fully saturated rings. The second kappa shape index (κ2) is 66.3. The van der Waals surface area contributed by atoms with Crippen molar-refractivity contribution in [2.75, 3.05) is 13.2 Å². The van der Waals surface area contributed by atoms with Crippen molar-refractivity contribution in [3.8, 4) is 0 Å². The van der Waals surface area contributed by atoms with Gasteiger partial charge in [0.1, 0.15) is 13.2 Å². The van der Waals surface area contributed by atoms with E-state index in [9.17, 15) is 14.4 Å². The quantitative estimate of drug-likeness (QED) is 0.0261. The average molecular weight is 1100 g/mol. The van der Waals surface area contributed by atoms with Crippen LogP contribution < -0.4 is 0 Å². The lowest BCUT2D eigenvalue weighted by Gasteiger charge is -2.18. The summed E-state index contributed by atoms with van der Waals surface area (Å²) in [6.07, 6.45) is 97.9. The first kappa shape index (κ1) is 74.8. The first-order valence-corrected chi connectivity index (χ1v) is 32.1. The number of ether oxygens (including phenoxy) is 3. The van der Waals surface area contributed by atoms with Gasteiger partial charge in [-0.15, -0.1) is 0 Å². The van der Waals surface area contributed by atoms with Gasteiger partial charge >= 0.3 is 17.9 Å². The number of unbranched alkanes of at least 4 members (excludes halogenated alkanes) is 17. The average Bonchev–Trinajstić information content (AvgIpc) is 3.46. The second-order valence-electron chi connectivity index (χ2n) is 20.5. The zero-order valence-corrected chi connectivity index (χ0v) is 51.3. The van der Waals surface area contributed by atoms with Crippen LogP contribution in [-0.2, 0) is 28.6 Å². The summed E-state index contributed by atoms with van der Waals surface area (Å²) in [6, 6.07) is 0. The molecule has 0 aliphatic rings. The number of esters is 3. The highest BCUT2D eigenvalue weighted by molar-refractivity contribution is 5.71. The van der Waals surface area contributed by atoms with Crippen molar-refractivity contribution < 1.29 is 28.6 Å². The molecule has 0 spiro atoms. The molecule has 0 amide bonds. The molecule has 6 nitrogen and oxygen atoms in total. The summed E-state index contributed by atoms with van der Waals surface area (Å²) in [5.74, 6) is -0.953. The Morgan fingerprint density at radius 3 is 0.775 bits per heavy atom. The van der Waals surface area contributed by atoms with Crippen molar-refractivity contribution in [2.24, 2.45) is 0 Å². The van der Waals surface area contributed by atoms with Gasteiger partial charge in [0, 0.05) is 19.3 Å². The van der Waals surface area contributed by atoms with E-state index >= 15 is 0 Å². The molecule has 0 bridgehead atoms. The van der Waals surface area contributed by atoms with Crippen LogP contribution in [0.2, 0.25) is 0 Å². The topological polar surface area (TPSA) is 78.9 Å². The third-order valence-electron chi connectivity index (χ3n) is 12.9. The van der Waals surface area contributed by atoms with E-state index in [2.05, 4.69) is 191 Å². The zero-order chi connectivity index (χ0) is 57.8. The summed E-state index contributed by atoms with van der Waals surface area (Å²) >= 11 is 0. The van der Waals surface area contributed by atoms with Gasteiger partial charge in [-0.05, 0) is 148 Å². The summed E-state index contributed by atoms with van der Waals surface area (Å²) in [6.45, 7) is 6.30. The van der Waals surface area contributed by atoms with Crippen molar-refractivity contribution in [1.82, 2.24) is 0 Å². The maximum absolute atomic E-state index is 12.9. The van der Waals surface area contributed by atoms with Crippen LogP contribution in [0.3, 0.4) is 0 Å². The predicted molar refractivity (Wildman–Crippen MR) is 348 cm³/mol. The Morgan fingerprint density at radius 2 is 0.487 bits per heavy atom. The molecular weight excluding hydrogens is 985 g/mol. The van der Waals surface area contributed by atoms with E-state index in [-0.39, 0.29) is 31.1 Å². The molecule has 0 radical (unpaired) electrons. The summed E-state index contributed by atoms with van der Waals surface area (Å²) in [5, 5.41) is 0. The van der Waals surface area contributed by atoms with Crippen LogP contribution in [0.15, 0.2) is 170 Å². The number of allylic oxidation sites excluding steroid dienone is 28. The number of carbonyl (C=O) groups excluding carboxylic acids is 3. The molecule has 0 heterocycles. The second-order valence-corrected chi connectivity index (χ2v) is 20.5. The van der Waals surface area contributed by atoms with Crippen LogP contribution in [0.4, 0.5) is 0 Å². The van der Waals surface area contributed by atoms with Crippen LogP contribution >= 0.6 is 0 Å². The number of hydrogen-bond donors (Lipinski definition) is 0. The Kier molecular flexibility index (Phi) is 61.9. The Bertz CT molecular complexity index is 1840. The van der Waals surface area contributed by atoms with Crippen LogP contribution in [0.1, 0.15) is 258 Å². The van der Waals surface area contributed by atoms with Crippen LogP contribution in [0.25, 0.3) is 0 Å². The molecule has 0 aromatic carbocycles. The van der Waals surface area contributed by atoms with E-state index in [1.807, 2.05) is 0 Å². The standard InChI is InChI=1S/C74H116O6/c1-4-7-10-13-16-19-22-24-26-28-30-32-34-36-37-39-40-42-44-46-48-50-52-55-58-61-64-67-73(76)79-70-71(69-78-72(75)66-63-60-57-54-21-18-15-12-9-6-3)80-74(77)68-65-62-59-56-53-51-49-47-45-43-41-38-35-33-31-29-27-25-23-20-17-14-11-8-5-2/h7-8,10-12,15-17,19-20,24-27,30-33,36-38,40-42,45-48,71H,4-6,9,13-14,18,21-23,28-29,34-35,39,43-44,49-70H2,1-3H3/b10-7-,11-8-,15-12-,19-16-,20-17-,26-24-,27-25-,32-30-,33-31-,37-36-,41-38-,42-40-,47-45-,48-46-. The molecule has 448 valence electrons. The molecular formula is C74H116O6. The summed E-state index contributed by atoms with van der Waals surface area (Å²) in [7, 11) is 0. The van der Waals surface area contributed by atoms with E-state index in [0.29, 0.717) is 19.3 Å². The predicted octanol–water partition coefficient (Wildman–Crippen LogP) is 22.3. The van der Waals surface area contributed by atoms with Crippen molar-refractivity contribution in [3.05, 3.63) is 170 Å². The van der Waals surface area contributed by atoms with Gasteiger partial charge in [0.15, 0.2) is 6.10 Å². The Labute approximate surface area is 492 Å². The van der Waals surface area contributed by atoms with Crippen LogP contribution in [0.5, 0.6) is 0 Å². The lowest BCUT2D eigenvalue weighted by molar-refractivity contribution is -0.167. The number of carbonyl (C=O) groups is 3. The minimum atomic E-state index is -0.808. The van der Waals surface area contributed by atoms with Crippen molar-refractivity contribution in [2.45, 2.75) is 264 Å². The molecule has 0 N–H and O–H groups in total. The van der Waals surface area contributed by atoms with Gasteiger partial charge in [-0.3, -0.25) is 14.4 Å². The molecule has 0 rings (SSSR count). The molecule has 0 aromatic rings. The molecule has 0 aromatic heterocycles. The Morgan fingerprint density at radius 1 is 0.263 bits per heavy atom. The fourth-order valence-corrected chi connectivity index (χ4v) is 8.19. The minimum Gasteiger partial charge on any atom is -0.462 e. The van der Waals surface area contributed by atoms with Gasteiger partial charge in [-0.25, -0.2) is 0 Å². The number of hydrogen-bond acceptors (Lipinski definition) is 6. The molecule has 1 atom stereocenters. The molecule has 0 saturated heterocycles. The van der Waals surface area contributed by atoms with Gasteiger partial charge < -0.3 is 14.2 Å². The molecule has 1 unspecified atom stereocenters. The normalized spacial score (nSPS) is 13.3. The van der Waals surface area contributed by atoms with Crippen molar-refractivity contribution in [1.29, 1.82) is 0 Å². The molecule has 6 heteroatoms. The summed E-state index contributed by atoms with van der Waals surface area (Å²) in [4.78, 5) is 38.2. The Balaban J connectivity index is 4.38. The largest absolute Gasteiger partial charge is 0.462 e. The number of rotatable bonds is 56. The highest BCUT2D eigenvalue weighted by atomic mass is 16.6. The summed E-state index contributed by atoms with van der Waals surface area (Å²) in [5.41, 5.74) is 0. The van der Waals surface area contributed by atoms with Crippen LogP contribution in [-0.4, -0.2) is 37.2 Å². The maximum Gasteiger partial charge on any atom is 0.306 e. The fraction of sp³-hybridized carbons (Fsp3) is 0.581. The monoisotopic (exact) mass is 1100 g/mol. The lowest BCUT2D eigenvalue weighted by atomic mass is 10.1. The van der Waals surface area contributed by atoms with Gasteiger partial charge in [-0.1, -0.05) is 262 Å². The minimum absolute atomic E-state index is 0.103. The van der Waals surface area contributed by atoms with Crippen LogP contribution in [0, 0.1) is 0 Å². The molecule has 80 heavy (non-hydrogen) atoms. The molecule has 0 aliphatic heterocycles. The molecule has 0 saturated carbocycles. The smallest absolute Gasteiger partial charge is 0.306 e. The van der Waals surface area contributed by atoms with Gasteiger partial charge in [0.2, 0.25) is 0 Å². The Hall–Kier alpha value is -5.23. The van der Waals surface area contributed by atoms with Gasteiger partial charge in [-0.2, -0.15) is 0 Å². The lowest BCUT2D eigenvalue weighted by Crippen LogP contribution is -2.30. The third-order valence-corrected chi connectivity index (χ3v) is 12.9. The zero-order valence-electron chi connectivity index (χ0n) is 51.3. The highest BCUT2D eigenvalue weighted by Gasteiger charge is 2.19. The SMILES string of the molecule is CC/C=C\C/C=C\C/C=C\C/C=C\C/C=C\C/C=C\C/C=C\CCCCCCCC(=O)OCC(COC(=O)CCCCCCC/C=C\CCC)OC(=O)CCCCCCCC/C=C\C/C=C\C/C=C\C/C=C\C/C=C\C/C=C\CC. The van der Waals surface area contributed by atoms with Gasteiger partial charge in [0.25, 0.3) is 0 Å². The maximum atomic E-state index is 12.9. The van der Waals surface area contributed by atoms with E-state index in [0.717, 1.165) is 193 Å². The van der Waals surface area contributed by atoms with E-state index in [1.54, 1.807) is 0 Å². The van der Waals surface area contributed by atoms with E-state index in [1.165, 1.54) is 25.7 Å². The van der Waals surface area contributed by atoms with Gasteiger partial charge in [0.05, 0.1) is 0 Å². The first-order valence-electron chi connectivity index (χ1n) is 32.1. The van der Waals surface area contributed by atoms with Crippen molar-refractivity contribution in [3.63, 3.8) is 0 Å². The third kappa shape index (κ3) is 63.6. The summed E-state index contributed by atoms with van der Waals surface area (Å²) < 4.78 is 16.9. The molecule has 0 aliphatic carbocycles. The van der Waals surface area contributed by atoms with Crippen molar-refractivity contribution >= 4 is 17.9 Å². The highest BCUT2D eigenvalue weighted by Crippen LogP contribution is 2.14. The van der Waals surface area contributed by atoms with E-state index < -0.39 is 6.10 Å². The first-order chi connectivity index (χ1) is 39.5. The van der Waals surface area contributed by atoms with E-state index in [4.69, 9.17) is 14.2 Å².